The molecule has 1 unspecified atom stereocenters. The van der Waals surface area contributed by atoms with Gasteiger partial charge in [0.1, 0.15) is 5.75 Å². The fourth-order valence-corrected chi connectivity index (χ4v) is 3.79. The Balaban J connectivity index is 3.09. The van der Waals surface area contributed by atoms with Crippen molar-refractivity contribution in [2.24, 2.45) is 0 Å². The van der Waals surface area contributed by atoms with Crippen molar-refractivity contribution in [2.45, 2.75) is 45.9 Å². The second-order valence-electron chi connectivity index (χ2n) is 5.17. The van der Waals surface area contributed by atoms with Crippen molar-refractivity contribution in [2.75, 3.05) is 18.9 Å². The Morgan fingerprint density at radius 3 is 2.52 bits per heavy atom. The third-order valence-electron chi connectivity index (χ3n) is 3.29. The van der Waals surface area contributed by atoms with Crippen LogP contribution in [0.4, 0.5) is 0 Å². The Morgan fingerprint density at radius 1 is 1.24 bits per heavy atom. The summed E-state index contributed by atoms with van der Waals surface area (Å²) in [5, 5.41) is 3.34. The van der Waals surface area contributed by atoms with Gasteiger partial charge in [-0.15, -0.1) is 0 Å². The van der Waals surface area contributed by atoms with Crippen molar-refractivity contribution < 1.29 is 13.2 Å². The predicted octanol–water partition coefficient (Wildman–Crippen LogP) is 3.08. The monoisotopic (exact) mass is 313 g/mol. The summed E-state index contributed by atoms with van der Waals surface area (Å²) in [7, 11) is -3.08. The number of benzene rings is 1. The molecular formula is C16H27NO3S. The summed E-state index contributed by atoms with van der Waals surface area (Å²) in [6.45, 7) is 9.31. The van der Waals surface area contributed by atoms with E-state index in [1.165, 1.54) is 0 Å². The minimum Gasteiger partial charge on any atom is -0.494 e. The third kappa shape index (κ3) is 5.67. The zero-order valence-electron chi connectivity index (χ0n) is 13.5. The summed E-state index contributed by atoms with van der Waals surface area (Å²) in [5.41, 5.74) is 1.84. The molecule has 4 nitrogen and oxygen atoms in total. The maximum absolute atomic E-state index is 12.1. The van der Waals surface area contributed by atoms with Gasteiger partial charge in [0.2, 0.25) is 0 Å². The molecule has 120 valence electrons. The fraction of sp³-hybridized carbons (Fsp3) is 0.625. The van der Waals surface area contributed by atoms with Crippen LogP contribution in [0, 0.1) is 0 Å². The molecule has 0 heterocycles. The molecule has 1 N–H and O–H groups in total. The number of rotatable bonds is 9. The minimum atomic E-state index is -3.08. The van der Waals surface area contributed by atoms with Gasteiger partial charge in [-0.1, -0.05) is 19.9 Å². The number of nitrogens with one attached hydrogen (secondary N) is 1. The zero-order chi connectivity index (χ0) is 15.9. The van der Waals surface area contributed by atoms with Crippen LogP contribution in [0.2, 0.25) is 0 Å². The van der Waals surface area contributed by atoms with E-state index >= 15 is 0 Å². The number of sulfone groups is 1. The highest BCUT2D eigenvalue weighted by atomic mass is 32.2. The van der Waals surface area contributed by atoms with E-state index in [0.29, 0.717) is 18.8 Å². The molecular weight excluding hydrogens is 286 g/mol. The molecule has 1 aromatic carbocycles. The zero-order valence-corrected chi connectivity index (χ0v) is 14.3. The van der Waals surface area contributed by atoms with Crippen LogP contribution in [0.15, 0.2) is 18.2 Å². The highest BCUT2D eigenvalue weighted by Gasteiger charge is 2.16. The molecule has 1 rings (SSSR count). The smallest absolute Gasteiger partial charge is 0.154 e. The van der Waals surface area contributed by atoms with Crippen molar-refractivity contribution in [1.82, 2.24) is 5.32 Å². The summed E-state index contributed by atoms with van der Waals surface area (Å²) < 4.78 is 29.8. The molecule has 5 heteroatoms. The van der Waals surface area contributed by atoms with Gasteiger partial charge in [-0.25, -0.2) is 8.42 Å². The lowest BCUT2D eigenvalue weighted by atomic mass is 10.0. The van der Waals surface area contributed by atoms with Crippen molar-refractivity contribution in [1.29, 1.82) is 0 Å². The van der Waals surface area contributed by atoms with Gasteiger partial charge in [0.15, 0.2) is 9.84 Å². The largest absolute Gasteiger partial charge is 0.494 e. The van der Waals surface area contributed by atoms with Crippen LogP contribution in [0.5, 0.6) is 5.75 Å². The Labute approximate surface area is 128 Å². The average molecular weight is 313 g/mol. The third-order valence-corrected chi connectivity index (χ3v) is 5.07. The van der Waals surface area contributed by atoms with E-state index in [2.05, 4.69) is 19.2 Å². The van der Waals surface area contributed by atoms with Gasteiger partial charge in [-0.3, -0.25) is 0 Å². The number of ether oxygens (including phenoxy) is 1. The van der Waals surface area contributed by atoms with Gasteiger partial charge in [0.25, 0.3) is 0 Å². The molecule has 1 aromatic rings. The lowest BCUT2D eigenvalue weighted by Crippen LogP contribution is -2.18. The summed E-state index contributed by atoms with van der Waals surface area (Å²) >= 11 is 0. The van der Waals surface area contributed by atoms with Gasteiger partial charge >= 0.3 is 0 Å². The van der Waals surface area contributed by atoms with Crippen LogP contribution in [0.3, 0.4) is 0 Å². The summed E-state index contributed by atoms with van der Waals surface area (Å²) in [5.74, 6) is 0.929. The fourth-order valence-electron chi connectivity index (χ4n) is 2.32. The van der Waals surface area contributed by atoms with Gasteiger partial charge in [0, 0.05) is 11.6 Å². The molecule has 0 saturated heterocycles. The summed E-state index contributed by atoms with van der Waals surface area (Å²) in [4.78, 5) is 0. The molecule has 21 heavy (non-hydrogen) atoms. The van der Waals surface area contributed by atoms with Crippen LogP contribution >= 0.6 is 0 Å². The second-order valence-corrected chi connectivity index (χ2v) is 7.36. The molecule has 0 aliphatic rings. The van der Waals surface area contributed by atoms with Gasteiger partial charge in [-0.05, 0) is 44.5 Å². The minimum absolute atomic E-state index is 0.0445. The summed E-state index contributed by atoms with van der Waals surface area (Å²) in [6, 6.07) is 6.02. The van der Waals surface area contributed by atoms with Crippen molar-refractivity contribution >= 4 is 9.84 Å². The first kappa shape index (κ1) is 18.0. The maximum Gasteiger partial charge on any atom is 0.154 e. The molecule has 0 fully saturated rings. The molecule has 1 atom stereocenters. The lowest BCUT2D eigenvalue weighted by Gasteiger charge is -2.17. The lowest BCUT2D eigenvalue weighted by molar-refractivity contribution is 0.337. The van der Waals surface area contributed by atoms with Crippen LogP contribution < -0.4 is 10.1 Å². The van der Waals surface area contributed by atoms with Crippen molar-refractivity contribution in [3.8, 4) is 5.75 Å². The van der Waals surface area contributed by atoms with E-state index in [-0.39, 0.29) is 17.5 Å². The quantitative estimate of drug-likeness (QED) is 0.761. The van der Waals surface area contributed by atoms with Crippen LogP contribution in [0.1, 0.15) is 51.3 Å². The van der Waals surface area contributed by atoms with Crippen LogP contribution in [-0.4, -0.2) is 27.3 Å². The van der Waals surface area contributed by atoms with Crippen molar-refractivity contribution in [3.05, 3.63) is 29.3 Å². The van der Waals surface area contributed by atoms with E-state index in [1.807, 2.05) is 32.0 Å². The molecule has 0 aliphatic carbocycles. The predicted molar refractivity (Wildman–Crippen MR) is 87.5 cm³/mol. The van der Waals surface area contributed by atoms with Gasteiger partial charge < -0.3 is 10.1 Å². The van der Waals surface area contributed by atoms with Crippen LogP contribution in [0.25, 0.3) is 0 Å². The molecule has 0 bridgehead atoms. The normalized spacial score (nSPS) is 13.1. The SMILES string of the molecule is CCCS(=O)(=O)Cc1cc(C(C)NCC)ccc1OCC. The first-order valence-corrected chi connectivity index (χ1v) is 9.45. The number of hydrogen-bond acceptors (Lipinski definition) is 4. The van der Waals surface area contributed by atoms with Crippen molar-refractivity contribution in [3.63, 3.8) is 0 Å². The Bertz CT molecular complexity index is 540. The number of hydrogen-bond donors (Lipinski definition) is 1. The molecule has 0 radical (unpaired) electrons. The van der Waals surface area contributed by atoms with E-state index in [9.17, 15) is 8.42 Å². The maximum atomic E-state index is 12.1. The van der Waals surface area contributed by atoms with Crippen LogP contribution in [-0.2, 0) is 15.6 Å². The van der Waals surface area contributed by atoms with E-state index in [1.54, 1.807) is 0 Å². The molecule has 0 aliphatic heterocycles. The van der Waals surface area contributed by atoms with E-state index < -0.39 is 9.84 Å². The molecule has 0 amide bonds. The van der Waals surface area contributed by atoms with Gasteiger partial charge in [0.05, 0.1) is 18.1 Å². The first-order valence-electron chi connectivity index (χ1n) is 7.62. The van der Waals surface area contributed by atoms with E-state index in [4.69, 9.17) is 4.74 Å². The average Bonchev–Trinajstić information content (AvgIpc) is 2.40. The molecule has 0 aromatic heterocycles. The Hall–Kier alpha value is -1.07. The Kier molecular flexibility index (Phi) is 7.18. The first-order chi connectivity index (χ1) is 9.93. The standard InChI is InChI=1S/C16H27NO3S/c1-5-10-21(18,19)12-15-11-14(13(4)17-6-2)8-9-16(15)20-7-3/h8-9,11,13,17H,5-7,10,12H2,1-4H3. The molecule has 0 saturated carbocycles. The highest BCUT2D eigenvalue weighted by molar-refractivity contribution is 7.90. The topological polar surface area (TPSA) is 55.4 Å². The Morgan fingerprint density at radius 2 is 1.95 bits per heavy atom. The summed E-state index contributed by atoms with van der Waals surface area (Å²) in [6.07, 6.45) is 0.639. The van der Waals surface area contributed by atoms with E-state index in [0.717, 1.165) is 17.7 Å². The highest BCUT2D eigenvalue weighted by Crippen LogP contribution is 2.26. The second kappa shape index (κ2) is 8.39. The molecule has 0 spiro atoms. The van der Waals surface area contributed by atoms with Gasteiger partial charge in [-0.2, -0.15) is 0 Å².